The number of amides is 1. The molecule has 5 heteroatoms. The van der Waals surface area contributed by atoms with Gasteiger partial charge in [0.1, 0.15) is 0 Å². The van der Waals surface area contributed by atoms with Gasteiger partial charge < -0.3 is 9.64 Å². The first-order valence-corrected chi connectivity index (χ1v) is 9.78. The van der Waals surface area contributed by atoms with Gasteiger partial charge >= 0.3 is 0 Å². The molecule has 1 aromatic carbocycles. The van der Waals surface area contributed by atoms with E-state index in [1.165, 1.54) is 11.3 Å². The lowest BCUT2D eigenvalue weighted by atomic mass is 10.1. The van der Waals surface area contributed by atoms with Gasteiger partial charge in [0.2, 0.25) is 0 Å². The zero-order chi connectivity index (χ0) is 17.8. The van der Waals surface area contributed by atoms with E-state index in [1.807, 2.05) is 50.1 Å². The van der Waals surface area contributed by atoms with Crippen molar-refractivity contribution >= 4 is 17.2 Å². The fraction of sp³-hybridized carbons (Fsp3) is 0.500. The standard InChI is InChI=1S/C20H26N2O2S/c1-14-19(25-15(2)21-14)16-8-10-17(11-9-16)20(23)22(3)12-4-6-18-7-5-13-24-18/h8-11,18H,4-7,12-13H2,1-3H3/t18-/m1/s1. The van der Waals surface area contributed by atoms with Gasteiger partial charge in [0.15, 0.2) is 0 Å². The van der Waals surface area contributed by atoms with Crippen molar-refractivity contribution < 1.29 is 9.53 Å². The highest BCUT2D eigenvalue weighted by Gasteiger charge is 2.17. The summed E-state index contributed by atoms with van der Waals surface area (Å²) >= 11 is 1.69. The lowest BCUT2D eigenvalue weighted by Gasteiger charge is -2.18. The van der Waals surface area contributed by atoms with Crippen LogP contribution in [0, 0.1) is 13.8 Å². The third-order valence-corrected chi connectivity index (χ3v) is 5.81. The lowest BCUT2D eigenvalue weighted by molar-refractivity contribution is 0.0763. The monoisotopic (exact) mass is 358 g/mol. The van der Waals surface area contributed by atoms with Crippen molar-refractivity contribution in [1.29, 1.82) is 0 Å². The Morgan fingerprint density at radius 3 is 2.68 bits per heavy atom. The molecule has 134 valence electrons. The number of carbonyl (C=O) groups excluding carboxylic acids is 1. The van der Waals surface area contributed by atoms with Crippen molar-refractivity contribution in [2.45, 2.75) is 45.6 Å². The van der Waals surface area contributed by atoms with Crippen LogP contribution in [0.5, 0.6) is 0 Å². The third-order valence-electron chi connectivity index (χ3n) is 4.69. The van der Waals surface area contributed by atoms with Crippen molar-refractivity contribution in [3.05, 3.63) is 40.5 Å². The molecule has 1 aliphatic rings. The maximum Gasteiger partial charge on any atom is 0.253 e. The summed E-state index contributed by atoms with van der Waals surface area (Å²) in [6.07, 6.45) is 4.76. The zero-order valence-corrected chi connectivity index (χ0v) is 16.1. The molecule has 0 radical (unpaired) electrons. The lowest BCUT2D eigenvalue weighted by Crippen LogP contribution is -2.28. The Balaban J connectivity index is 1.57. The molecule has 0 unspecified atom stereocenters. The maximum atomic E-state index is 12.6. The van der Waals surface area contributed by atoms with E-state index in [9.17, 15) is 4.79 Å². The number of rotatable bonds is 6. The molecule has 1 aromatic heterocycles. The van der Waals surface area contributed by atoms with Crippen molar-refractivity contribution in [2.24, 2.45) is 0 Å². The molecular formula is C20H26N2O2S. The molecule has 0 aliphatic carbocycles. The van der Waals surface area contributed by atoms with Crippen LogP contribution in [0.2, 0.25) is 0 Å². The SMILES string of the molecule is Cc1nc(C)c(-c2ccc(C(=O)N(C)CCC[C@@H]3CCCO3)cc2)s1. The number of thiazole rings is 1. The summed E-state index contributed by atoms with van der Waals surface area (Å²) in [7, 11) is 1.88. The van der Waals surface area contributed by atoms with Gasteiger partial charge in [0.25, 0.3) is 5.91 Å². The fourth-order valence-corrected chi connectivity index (χ4v) is 4.24. The van der Waals surface area contributed by atoms with E-state index in [1.54, 1.807) is 11.3 Å². The van der Waals surface area contributed by atoms with Crippen LogP contribution in [0.1, 0.15) is 46.7 Å². The Morgan fingerprint density at radius 2 is 2.08 bits per heavy atom. The van der Waals surface area contributed by atoms with Crippen LogP contribution in [-0.4, -0.2) is 42.1 Å². The molecule has 0 N–H and O–H groups in total. The average Bonchev–Trinajstić information content (AvgIpc) is 3.23. The second-order valence-corrected chi connectivity index (χ2v) is 7.93. The predicted molar refractivity (Wildman–Crippen MR) is 102 cm³/mol. The first-order valence-electron chi connectivity index (χ1n) is 8.96. The van der Waals surface area contributed by atoms with Crippen LogP contribution in [0.3, 0.4) is 0 Å². The number of aryl methyl sites for hydroxylation is 2. The zero-order valence-electron chi connectivity index (χ0n) is 15.2. The Kier molecular flexibility index (Phi) is 5.86. The second-order valence-electron chi connectivity index (χ2n) is 6.73. The summed E-state index contributed by atoms with van der Waals surface area (Å²) < 4.78 is 5.64. The highest BCUT2D eigenvalue weighted by atomic mass is 32.1. The molecule has 1 amide bonds. The molecule has 1 aliphatic heterocycles. The molecule has 3 rings (SSSR count). The highest BCUT2D eigenvalue weighted by Crippen LogP contribution is 2.29. The minimum absolute atomic E-state index is 0.0797. The van der Waals surface area contributed by atoms with Gasteiger partial charge in [-0.1, -0.05) is 12.1 Å². The first kappa shape index (κ1) is 18.1. The number of benzene rings is 1. The molecule has 0 saturated carbocycles. The number of hydrogen-bond donors (Lipinski definition) is 0. The normalized spacial score (nSPS) is 17.0. The minimum atomic E-state index is 0.0797. The van der Waals surface area contributed by atoms with E-state index < -0.39 is 0 Å². The summed E-state index contributed by atoms with van der Waals surface area (Å²) in [6, 6.07) is 7.88. The summed E-state index contributed by atoms with van der Waals surface area (Å²) in [5.74, 6) is 0.0797. The Bertz CT molecular complexity index is 718. The van der Waals surface area contributed by atoms with E-state index in [0.717, 1.165) is 54.2 Å². The summed E-state index contributed by atoms with van der Waals surface area (Å²) in [6.45, 7) is 5.71. The van der Waals surface area contributed by atoms with Crippen LogP contribution < -0.4 is 0 Å². The number of ether oxygens (including phenoxy) is 1. The average molecular weight is 359 g/mol. The molecular weight excluding hydrogens is 332 g/mol. The Labute approximate surface area is 153 Å². The van der Waals surface area contributed by atoms with Crippen LogP contribution in [0.25, 0.3) is 10.4 Å². The Hall–Kier alpha value is -1.72. The van der Waals surface area contributed by atoms with Gasteiger partial charge in [-0.25, -0.2) is 4.98 Å². The van der Waals surface area contributed by atoms with Gasteiger partial charge in [-0.05, 0) is 57.2 Å². The number of aromatic nitrogens is 1. The maximum absolute atomic E-state index is 12.6. The van der Waals surface area contributed by atoms with Gasteiger partial charge in [-0.2, -0.15) is 0 Å². The van der Waals surface area contributed by atoms with Gasteiger partial charge in [-0.3, -0.25) is 4.79 Å². The van der Waals surface area contributed by atoms with Gasteiger partial charge in [0, 0.05) is 25.8 Å². The van der Waals surface area contributed by atoms with Gasteiger partial charge in [-0.15, -0.1) is 11.3 Å². The molecule has 25 heavy (non-hydrogen) atoms. The van der Waals surface area contributed by atoms with E-state index in [4.69, 9.17) is 4.74 Å². The summed E-state index contributed by atoms with van der Waals surface area (Å²) in [5.41, 5.74) is 2.91. The number of nitrogens with zero attached hydrogens (tertiary/aromatic N) is 2. The number of carbonyl (C=O) groups is 1. The van der Waals surface area contributed by atoms with E-state index in [-0.39, 0.29) is 5.91 Å². The molecule has 1 saturated heterocycles. The van der Waals surface area contributed by atoms with E-state index >= 15 is 0 Å². The first-order chi connectivity index (χ1) is 12.0. The van der Waals surface area contributed by atoms with Crippen LogP contribution >= 0.6 is 11.3 Å². The third kappa shape index (κ3) is 4.47. The van der Waals surface area contributed by atoms with Gasteiger partial charge in [0.05, 0.1) is 21.7 Å². The molecule has 1 atom stereocenters. The molecule has 2 heterocycles. The fourth-order valence-electron chi connectivity index (χ4n) is 3.31. The van der Waals surface area contributed by atoms with Crippen LogP contribution in [-0.2, 0) is 4.74 Å². The van der Waals surface area contributed by atoms with E-state index in [2.05, 4.69) is 4.98 Å². The topological polar surface area (TPSA) is 42.4 Å². The highest BCUT2D eigenvalue weighted by molar-refractivity contribution is 7.15. The van der Waals surface area contributed by atoms with Crippen LogP contribution in [0.4, 0.5) is 0 Å². The molecule has 0 bridgehead atoms. The summed E-state index contributed by atoms with van der Waals surface area (Å²) in [5, 5.41) is 1.07. The van der Waals surface area contributed by atoms with Crippen LogP contribution in [0.15, 0.2) is 24.3 Å². The summed E-state index contributed by atoms with van der Waals surface area (Å²) in [4.78, 5) is 20.0. The van der Waals surface area contributed by atoms with E-state index in [0.29, 0.717) is 6.10 Å². The largest absolute Gasteiger partial charge is 0.378 e. The molecule has 2 aromatic rings. The Morgan fingerprint density at radius 1 is 1.32 bits per heavy atom. The van der Waals surface area contributed by atoms with Crippen molar-refractivity contribution in [1.82, 2.24) is 9.88 Å². The molecule has 4 nitrogen and oxygen atoms in total. The number of hydrogen-bond acceptors (Lipinski definition) is 4. The molecule has 1 fully saturated rings. The quantitative estimate of drug-likeness (QED) is 0.766. The second kappa shape index (κ2) is 8.11. The predicted octanol–water partition coefficient (Wildman–Crippen LogP) is 4.46. The molecule has 0 spiro atoms. The van der Waals surface area contributed by atoms with Crippen molar-refractivity contribution in [2.75, 3.05) is 20.2 Å². The van der Waals surface area contributed by atoms with Crippen molar-refractivity contribution in [3.8, 4) is 10.4 Å². The minimum Gasteiger partial charge on any atom is -0.378 e. The smallest absolute Gasteiger partial charge is 0.253 e. The van der Waals surface area contributed by atoms with Crippen molar-refractivity contribution in [3.63, 3.8) is 0 Å².